The van der Waals surface area contributed by atoms with Crippen LogP contribution in [0.4, 0.5) is 0 Å². The number of hydrogen-bond donors (Lipinski definition) is 1. The van der Waals surface area contributed by atoms with Crippen LogP contribution >= 0.6 is 0 Å². The van der Waals surface area contributed by atoms with Crippen LogP contribution in [-0.4, -0.2) is 10.1 Å². The Labute approximate surface area is 175 Å². The second-order valence-corrected chi connectivity index (χ2v) is 6.26. The first kappa shape index (κ1) is 19.6. The molecule has 4 aromatic carbocycles. The van der Waals surface area contributed by atoms with E-state index in [9.17, 15) is 5.11 Å². The third-order valence-corrected chi connectivity index (χ3v) is 4.39. The number of pyridine rings is 1. The molecule has 0 saturated heterocycles. The molecule has 1 aromatic heterocycles. The molecule has 2 nitrogen and oxygen atoms in total. The van der Waals surface area contributed by atoms with Crippen LogP contribution < -0.4 is 0 Å². The molecule has 0 aliphatic carbocycles. The van der Waals surface area contributed by atoms with E-state index in [1.807, 2.05) is 78.9 Å². The number of rotatable bonds is 2. The summed E-state index contributed by atoms with van der Waals surface area (Å²) in [6, 6.07) is 35.8. The summed E-state index contributed by atoms with van der Waals surface area (Å²) in [4.78, 5) is 4.70. The molecule has 0 bridgehead atoms. The maximum atomic E-state index is 9.77. The van der Waals surface area contributed by atoms with Gasteiger partial charge in [-0.3, -0.25) is 4.98 Å². The third kappa shape index (κ3) is 4.40. The summed E-state index contributed by atoms with van der Waals surface area (Å²) in [5.41, 5.74) is 5.08. The van der Waals surface area contributed by atoms with Gasteiger partial charge in [0.1, 0.15) is 5.75 Å². The summed E-state index contributed by atoms with van der Waals surface area (Å²) in [6.07, 6.45) is 0. The minimum Gasteiger partial charge on any atom is -0.508 e. The summed E-state index contributed by atoms with van der Waals surface area (Å²) in [7, 11) is 0. The van der Waals surface area contributed by atoms with Crippen LogP contribution in [0.15, 0.2) is 109 Å². The maximum absolute atomic E-state index is 9.77. The smallest absolute Gasteiger partial charge is 0.508 e. The average molecular weight is 405 g/mol. The number of aromatic hydroxyl groups is 1. The Balaban J connectivity index is 0.000000329. The molecule has 28 heavy (non-hydrogen) atoms. The van der Waals surface area contributed by atoms with Gasteiger partial charge in [0.05, 0.1) is 5.52 Å². The van der Waals surface area contributed by atoms with Crippen LogP contribution in [0.2, 0.25) is 0 Å². The average Bonchev–Trinajstić information content (AvgIpc) is 3.44. The van der Waals surface area contributed by atoms with Gasteiger partial charge in [-0.05, 0) is 34.3 Å². The van der Waals surface area contributed by atoms with Crippen molar-refractivity contribution < 1.29 is 22.2 Å². The van der Waals surface area contributed by atoms with Crippen molar-refractivity contribution in [3.8, 4) is 28.1 Å². The largest absolute Gasteiger partial charge is 2.00 e. The van der Waals surface area contributed by atoms with Crippen molar-refractivity contribution in [1.82, 2.24) is 4.98 Å². The van der Waals surface area contributed by atoms with E-state index < -0.39 is 0 Å². The van der Waals surface area contributed by atoms with Crippen LogP contribution in [0.5, 0.6) is 5.75 Å². The van der Waals surface area contributed by atoms with Crippen molar-refractivity contribution in [2.24, 2.45) is 0 Å². The molecular formula is C25H19FeNO. The number of phenols is 1. The summed E-state index contributed by atoms with van der Waals surface area (Å²) >= 11 is 0. The molecule has 0 aliphatic rings. The van der Waals surface area contributed by atoms with Crippen LogP contribution in [-0.2, 0) is 17.1 Å². The van der Waals surface area contributed by atoms with E-state index in [0.29, 0.717) is 0 Å². The Bertz CT molecular complexity index is 1100. The summed E-state index contributed by atoms with van der Waals surface area (Å²) in [6.45, 7) is 0. The van der Waals surface area contributed by atoms with Gasteiger partial charge < -0.3 is 5.11 Å². The molecule has 0 spiro atoms. The van der Waals surface area contributed by atoms with Crippen molar-refractivity contribution in [2.45, 2.75) is 0 Å². The van der Waals surface area contributed by atoms with Gasteiger partial charge >= 0.3 is 17.1 Å². The van der Waals surface area contributed by atoms with E-state index in [-0.39, 0.29) is 22.8 Å². The van der Waals surface area contributed by atoms with Gasteiger partial charge in [0.15, 0.2) is 0 Å². The number of phenolic OH excluding ortho intramolecular Hbond substituents is 1. The maximum Gasteiger partial charge on any atom is 2.00 e. The van der Waals surface area contributed by atoms with Crippen molar-refractivity contribution >= 4 is 10.9 Å². The Kier molecular flexibility index (Phi) is 6.44. The molecule has 0 atom stereocenters. The fraction of sp³-hybridized carbons (Fsp3) is 0. The number of fused-ring (bicyclic) bond motifs is 1. The molecule has 0 fully saturated rings. The number of nitrogens with zero attached hydrogens (tertiary/aromatic N) is 1. The zero-order valence-electron chi connectivity index (χ0n) is 15.1. The molecule has 5 rings (SSSR count). The van der Waals surface area contributed by atoms with E-state index in [1.54, 1.807) is 12.1 Å². The first-order valence-electron chi connectivity index (χ1n) is 8.89. The monoisotopic (exact) mass is 405 g/mol. The predicted molar refractivity (Wildman–Crippen MR) is 112 cm³/mol. The minimum atomic E-state index is 0. The van der Waals surface area contributed by atoms with Crippen molar-refractivity contribution in [1.29, 1.82) is 0 Å². The number of aromatic nitrogens is 1. The van der Waals surface area contributed by atoms with E-state index in [4.69, 9.17) is 4.98 Å². The number of hydrogen-bond acceptors (Lipinski definition) is 2. The van der Waals surface area contributed by atoms with Crippen molar-refractivity contribution in [3.63, 3.8) is 0 Å². The first-order valence-corrected chi connectivity index (χ1v) is 8.89. The van der Waals surface area contributed by atoms with Crippen LogP contribution in [0, 0.1) is 0 Å². The fourth-order valence-electron chi connectivity index (χ4n) is 3.09. The summed E-state index contributed by atoms with van der Waals surface area (Å²) < 4.78 is 0. The molecule has 138 valence electrons. The number of benzene rings is 2. The van der Waals surface area contributed by atoms with Crippen LogP contribution in [0.3, 0.4) is 0 Å². The fourth-order valence-corrected chi connectivity index (χ4v) is 3.09. The Morgan fingerprint density at radius 3 is 2.14 bits per heavy atom. The zero-order chi connectivity index (χ0) is 18.5. The van der Waals surface area contributed by atoms with Gasteiger partial charge in [-0.25, -0.2) is 12.1 Å². The molecule has 3 heteroatoms. The minimum absolute atomic E-state index is 0. The molecule has 0 amide bonds. The van der Waals surface area contributed by atoms with Gasteiger partial charge in [0.25, 0.3) is 0 Å². The van der Waals surface area contributed by atoms with Crippen LogP contribution in [0.25, 0.3) is 33.3 Å². The van der Waals surface area contributed by atoms with Gasteiger partial charge in [-0.1, -0.05) is 42.0 Å². The van der Waals surface area contributed by atoms with E-state index in [0.717, 1.165) is 33.3 Å². The molecule has 1 heterocycles. The van der Waals surface area contributed by atoms with E-state index in [1.165, 1.54) is 0 Å². The quantitative estimate of drug-likeness (QED) is 0.273. The predicted octanol–water partition coefficient (Wildman–Crippen LogP) is 6.40. The van der Waals surface area contributed by atoms with E-state index >= 15 is 0 Å². The standard InChI is InChI=1S/C20H14NO.C5H5.Fe/c22-16-10-11-17-18(14-6-2-1-3-7-14)13-19(21-20(17)12-16)15-8-4-5-9-15;1-2-4-5-3-1;/h1-13,22H;1-5H;/q2*-1;+2. The topological polar surface area (TPSA) is 33.1 Å². The molecule has 0 unspecified atom stereocenters. The first-order chi connectivity index (χ1) is 13.3. The third-order valence-electron chi connectivity index (χ3n) is 4.39. The Morgan fingerprint density at radius 1 is 0.786 bits per heavy atom. The van der Waals surface area contributed by atoms with Crippen molar-refractivity contribution in [2.75, 3.05) is 0 Å². The molecule has 0 radical (unpaired) electrons. The molecule has 5 aromatic rings. The molecular weight excluding hydrogens is 386 g/mol. The molecule has 1 N–H and O–H groups in total. The van der Waals surface area contributed by atoms with Crippen molar-refractivity contribution in [3.05, 3.63) is 109 Å². The molecule has 0 saturated carbocycles. The summed E-state index contributed by atoms with van der Waals surface area (Å²) in [5, 5.41) is 10.8. The Hall–Kier alpha value is -3.13. The SMILES string of the molecule is Oc1ccc2c(-c3ccccc3)cc(-[c-]3cccc3)nc2c1.[Fe+2].c1cc[cH-]c1. The Morgan fingerprint density at radius 2 is 1.50 bits per heavy atom. The normalized spacial score (nSPS) is 10.0. The second kappa shape index (κ2) is 9.18. The summed E-state index contributed by atoms with van der Waals surface area (Å²) in [5.74, 6) is 0.235. The van der Waals surface area contributed by atoms with Gasteiger partial charge in [-0.2, -0.15) is 30.3 Å². The van der Waals surface area contributed by atoms with Crippen LogP contribution in [0.1, 0.15) is 0 Å². The zero-order valence-corrected chi connectivity index (χ0v) is 16.2. The molecule has 0 aliphatic heterocycles. The second-order valence-electron chi connectivity index (χ2n) is 6.26. The van der Waals surface area contributed by atoms with Gasteiger partial charge in [-0.15, -0.1) is 12.1 Å². The van der Waals surface area contributed by atoms with E-state index in [2.05, 4.69) is 18.2 Å². The van der Waals surface area contributed by atoms with Gasteiger partial charge in [0, 0.05) is 6.07 Å². The van der Waals surface area contributed by atoms with Gasteiger partial charge in [0.2, 0.25) is 0 Å².